The van der Waals surface area contributed by atoms with Crippen LogP contribution in [0.5, 0.6) is 0 Å². The largest absolute Gasteiger partial charge is 0.433 e. The number of alkyl halides is 26. The molecule has 0 rings (SSSR count). The van der Waals surface area contributed by atoms with Gasteiger partial charge in [0, 0.05) is 0 Å². The predicted molar refractivity (Wildman–Crippen MR) is 82.8 cm³/mol. The Kier molecular flexibility index (Phi) is 11.5. The van der Waals surface area contributed by atoms with Crippen LogP contribution in [0.1, 0.15) is 0 Å². The maximum Gasteiger partial charge on any atom is 0.433 e. The lowest BCUT2D eigenvalue weighted by Crippen LogP contribution is -2.67. The highest BCUT2D eigenvalue weighted by molar-refractivity contribution is 4.95. The molecule has 0 aromatic heterocycles. The van der Waals surface area contributed by atoms with Crippen LogP contribution >= 0.6 is 0 Å². The van der Waals surface area contributed by atoms with Crippen molar-refractivity contribution in [2.24, 2.45) is 0 Å². The minimum Gasteiger partial charge on any atom is -0.390 e. The summed E-state index contributed by atoms with van der Waals surface area (Å²) in [5, 5.41) is 15.7. The van der Waals surface area contributed by atoms with E-state index in [1.165, 1.54) is 9.47 Å². The topological polar surface area (TPSA) is 77.4 Å². The molecule has 0 spiro atoms. The van der Waals surface area contributed by atoms with Crippen molar-refractivity contribution in [1.29, 1.82) is 0 Å². The first-order valence-corrected chi connectivity index (χ1v) is 9.89. The quantitative estimate of drug-likeness (QED) is 0.147. The van der Waals surface area contributed by atoms with Crippen LogP contribution in [0.4, 0.5) is 114 Å². The SMILES string of the molecule is OCC(F)(F)C(F)(F)OC(F)(F)C(F)(F)C(F)(F)OC(F)(F)C(F)(F)C(F)(F)OC(F)(F)C(F)(F)C(F)(F)OC(F)(F)C(F)(F)CO. The average Bonchev–Trinajstić information content (AvgIpc) is 2.80. The smallest absolute Gasteiger partial charge is 0.390 e. The highest BCUT2D eigenvalue weighted by Crippen LogP contribution is 2.58. The van der Waals surface area contributed by atoms with Crippen molar-refractivity contribution in [2.45, 2.75) is 78.5 Å². The molecule has 0 saturated carbocycles. The molecule has 6 nitrogen and oxygen atoms in total. The van der Waals surface area contributed by atoms with Gasteiger partial charge in [-0.05, 0) is 0 Å². The number of ether oxygens (including phenoxy) is 4. The Hall–Kier alpha value is -2.06. The van der Waals surface area contributed by atoms with E-state index in [2.05, 4.69) is 0 Å². The normalized spacial score (nSPS) is 16.6. The molecule has 0 fully saturated rings. The molecule has 284 valence electrons. The van der Waals surface area contributed by atoms with E-state index >= 15 is 0 Å². The molecule has 0 aromatic rings. The van der Waals surface area contributed by atoms with Crippen LogP contribution < -0.4 is 0 Å². The molecule has 0 unspecified atom stereocenters. The second kappa shape index (κ2) is 12.1. The Bertz CT molecular complexity index is 1000. The van der Waals surface area contributed by atoms with E-state index in [-0.39, 0.29) is 0 Å². The van der Waals surface area contributed by atoms with Gasteiger partial charge in [-0.15, -0.1) is 0 Å². The molecule has 0 aliphatic carbocycles. The zero-order chi connectivity index (χ0) is 38.7. The summed E-state index contributed by atoms with van der Waals surface area (Å²) < 4.78 is 348. The molecule has 0 radical (unpaired) electrons. The summed E-state index contributed by atoms with van der Waals surface area (Å²) in [6.45, 7) is -6.71. The Balaban J connectivity index is 6.59. The van der Waals surface area contributed by atoms with E-state index in [4.69, 9.17) is 10.2 Å². The van der Waals surface area contributed by atoms with Gasteiger partial charge in [-0.25, -0.2) is 18.9 Å². The fourth-order valence-electron chi connectivity index (χ4n) is 1.87. The maximum atomic E-state index is 13.5. The first-order valence-electron chi connectivity index (χ1n) is 9.89. The molecule has 0 aliphatic rings. The van der Waals surface area contributed by atoms with Gasteiger partial charge >= 0.3 is 78.5 Å². The van der Waals surface area contributed by atoms with Crippen LogP contribution in [0, 0.1) is 0 Å². The van der Waals surface area contributed by atoms with Gasteiger partial charge in [0.25, 0.3) is 0 Å². The fourth-order valence-corrected chi connectivity index (χ4v) is 1.87. The molecule has 0 atom stereocenters. The lowest BCUT2D eigenvalue weighted by Gasteiger charge is -2.39. The summed E-state index contributed by atoms with van der Waals surface area (Å²) in [7, 11) is 0. The Morgan fingerprint density at radius 3 is 0.511 bits per heavy atom. The Labute approximate surface area is 236 Å². The van der Waals surface area contributed by atoms with E-state index in [1.54, 1.807) is 0 Å². The maximum absolute atomic E-state index is 13.5. The fraction of sp³-hybridized carbons (Fsp3) is 1.00. The van der Waals surface area contributed by atoms with Gasteiger partial charge in [0.05, 0.1) is 0 Å². The third kappa shape index (κ3) is 7.74. The van der Waals surface area contributed by atoms with Crippen LogP contribution in [0.3, 0.4) is 0 Å². The predicted octanol–water partition coefficient (Wildman–Crippen LogP) is 6.96. The van der Waals surface area contributed by atoms with E-state index in [0.29, 0.717) is 0 Å². The van der Waals surface area contributed by atoms with Gasteiger partial charge in [0.2, 0.25) is 0 Å². The van der Waals surface area contributed by atoms with Crippen LogP contribution in [0.15, 0.2) is 0 Å². The number of halogens is 26. The van der Waals surface area contributed by atoms with E-state index < -0.39 is 91.7 Å². The average molecular weight is 776 g/mol. The second-order valence-corrected chi connectivity index (χ2v) is 7.99. The van der Waals surface area contributed by atoms with Crippen LogP contribution in [0.2, 0.25) is 0 Å². The van der Waals surface area contributed by atoms with Crippen LogP contribution in [-0.4, -0.2) is 102 Å². The summed E-state index contributed by atoms with van der Waals surface area (Å²) in [5.74, 6) is -38.7. The van der Waals surface area contributed by atoms with Gasteiger partial charge in [-0.1, -0.05) is 0 Å². The zero-order valence-corrected chi connectivity index (χ0v) is 20.3. The van der Waals surface area contributed by atoms with Gasteiger partial charge < -0.3 is 10.2 Å². The molecule has 0 aromatic carbocycles. The molecule has 0 aliphatic heterocycles. The first kappa shape index (κ1) is 44.9. The van der Waals surface area contributed by atoms with Gasteiger partial charge in [0.1, 0.15) is 13.2 Å². The zero-order valence-electron chi connectivity index (χ0n) is 20.3. The molecule has 32 heteroatoms. The molecule has 2 N–H and O–H groups in total. The number of hydrogen-bond donors (Lipinski definition) is 2. The molecule has 0 heterocycles. The summed E-state index contributed by atoms with van der Waals surface area (Å²) in [6.07, 6.45) is -64.8. The van der Waals surface area contributed by atoms with Crippen molar-refractivity contribution in [3.8, 4) is 0 Å². The van der Waals surface area contributed by atoms with Crippen LogP contribution in [-0.2, 0) is 18.9 Å². The van der Waals surface area contributed by atoms with Crippen molar-refractivity contribution < 1.29 is 143 Å². The monoisotopic (exact) mass is 776 g/mol. The molecule has 0 bridgehead atoms. The van der Waals surface area contributed by atoms with Gasteiger partial charge in [0.15, 0.2) is 0 Å². The minimum absolute atomic E-state index is 0.957. The van der Waals surface area contributed by atoms with E-state index in [9.17, 15) is 114 Å². The minimum atomic E-state index is -8.78. The highest BCUT2D eigenvalue weighted by Gasteiger charge is 2.87. The number of aliphatic hydroxyl groups excluding tert-OH is 2. The van der Waals surface area contributed by atoms with Crippen molar-refractivity contribution in [2.75, 3.05) is 13.2 Å². The molecule has 0 amide bonds. The number of rotatable bonds is 18. The molecule has 0 saturated heterocycles. The standard InChI is InChI=1S/C15H6F26O6/c16-3(17,1-42)8(26,27)44-10(30,31)5(20,21)12(34,35)46-14(38,39)7(24,25)15(40,41)47-13(36,37)6(22,23)11(32,33)45-9(28,29)4(18,19)2-43/h42-43H,1-2H2. The molecule has 47 heavy (non-hydrogen) atoms. The summed E-state index contributed by atoms with van der Waals surface area (Å²) in [4.78, 5) is 0. The lowest BCUT2D eigenvalue weighted by atomic mass is 10.2. The number of hydrogen-bond acceptors (Lipinski definition) is 6. The van der Waals surface area contributed by atoms with Crippen molar-refractivity contribution in [1.82, 2.24) is 0 Å². The van der Waals surface area contributed by atoms with Crippen molar-refractivity contribution in [3.05, 3.63) is 0 Å². The third-order valence-corrected chi connectivity index (χ3v) is 4.47. The number of aliphatic hydroxyl groups is 2. The Morgan fingerprint density at radius 1 is 0.255 bits per heavy atom. The first-order chi connectivity index (χ1) is 19.9. The molecular weight excluding hydrogens is 770 g/mol. The van der Waals surface area contributed by atoms with E-state index in [0.717, 1.165) is 9.47 Å². The summed E-state index contributed by atoms with van der Waals surface area (Å²) in [6, 6.07) is 0. The Morgan fingerprint density at radius 2 is 0.383 bits per heavy atom. The van der Waals surface area contributed by atoms with Crippen molar-refractivity contribution in [3.63, 3.8) is 0 Å². The van der Waals surface area contributed by atoms with Gasteiger partial charge in [-0.2, -0.15) is 114 Å². The second-order valence-electron chi connectivity index (χ2n) is 7.99. The lowest BCUT2D eigenvalue weighted by molar-refractivity contribution is -0.565. The highest BCUT2D eigenvalue weighted by atomic mass is 19.4. The van der Waals surface area contributed by atoms with Gasteiger partial charge in [-0.3, -0.25) is 0 Å². The van der Waals surface area contributed by atoms with Crippen molar-refractivity contribution >= 4 is 0 Å². The van der Waals surface area contributed by atoms with Crippen LogP contribution in [0.25, 0.3) is 0 Å². The summed E-state index contributed by atoms with van der Waals surface area (Å²) in [5.41, 5.74) is 0. The molecular formula is C15H6F26O6. The van der Waals surface area contributed by atoms with E-state index in [1.807, 2.05) is 0 Å². The third-order valence-electron chi connectivity index (χ3n) is 4.47. The summed E-state index contributed by atoms with van der Waals surface area (Å²) >= 11 is 0.